The maximum Gasteiger partial charge on any atom is 0.105 e. The zero-order chi connectivity index (χ0) is 14.1. The van der Waals surface area contributed by atoms with Gasteiger partial charge in [-0.3, -0.25) is 4.98 Å². The summed E-state index contributed by atoms with van der Waals surface area (Å²) in [6.07, 6.45) is 1.07. The second-order valence-electron chi connectivity index (χ2n) is 4.52. The van der Waals surface area contributed by atoms with Gasteiger partial charge in [-0.05, 0) is 35.9 Å². The van der Waals surface area contributed by atoms with E-state index in [0.29, 0.717) is 0 Å². The predicted molar refractivity (Wildman–Crippen MR) is 87.6 cm³/mol. The van der Waals surface area contributed by atoms with Crippen LogP contribution in [0.2, 0.25) is 0 Å². The highest BCUT2D eigenvalue weighted by atomic mass is 79.9. The van der Waals surface area contributed by atoms with Gasteiger partial charge in [-0.15, -0.1) is 0 Å². The van der Waals surface area contributed by atoms with Crippen LogP contribution >= 0.6 is 31.9 Å². The Hall–Kier alpha value is -1.23. The SMILES string of the molecule is OC(c1ccc2cccnc2c1)c1cc(Br)ccc1Br. The molecule has 0 aliphatic heterocycles. The van der Waals surface area contributed by atoms with Gasteiger partial charge in [-0.1, -0.05) is 50.1 Å². The first-order chi connectivity index (χ1) is 9.65. The summed E-state index contributed by atoms with van der Waals surface area (Å²) < 4.78 is 1.82. The van der Waals surface area contributed by atoms with Crippen molar-refractivity contribution in [3.63, 3.8) is 0 Å². The molecule has 4 heteroatoms. The maximum atomic E-state index is 10.6. The van der Waals surface area contributed by atoms with Crippen LogP contribution in [0.1, 0.15) is 17.2 Å². The molecule has 20 heavy (non-hydrogen) atoms. The lowest BCUT2D eigenvalue weighted by Gasteiger charge is -2.14. The van der Waals surface area contributed by atoms with Crippen molar-refractivity contribution in [2.45, 2.75) is 6.10 Å². The lowest BCUT2D eigenvalue weighted by atomic mass is 10.0. The third kappa shape index (κ3) is 2.64. The highest BCUT2D eigenvalue weighted by Gasteiger charge is 2.14. The number of rotatable bonds is 2. The van der Waals surface area contributed by atoms with E-state index in [0.717, 1.165) is 31.0 Å². The topological polar surface area (TPSA) is 33.1 Å². The zero-order valence-corrected chi connectivity index (χ0v) is 13.6. The standard InChI is InChI=1S/C16H11Br2NO/c17-12-5-6-14(18)13(9-12)16(20)11-4-3-10-2-1-7-19-15(10)8-11/h1-9,16,20H. The van der Waals surface area contributed by atoms with Gasteiger partial charge in [0.05, 0.1) is 5.52 Å². The molecular formula is C16H11Br2NO. The van der Waals surface area contributed by atoms with E-state index in [9.17, 15) is 5.11 Å². The fourth-order valence-corrected chi connectivity index (χ4v) is 3.00. The first-order valence-electron chi connectivity index (χ1n) is 6.13. The van der Waals surface area contributed by atoms with Crippen molar-refractivity contribution in [2.24, 2.45) is 0 Å². The number of halogens is 2. The third-order valence-corrected chi connectivity index (χ3v) is 4.41. The summed E-state index contributed by atoms with van der Waals surface area (Å²) in [6, 6.07) is 15.5. The number of pyridine rings is 1. The second-order valence-corrected chi connectivity index (χ2v) is 6.29. The van der Waals surface area contributed by atoms with Crippen molar-refractivity contribution >= 4 is 42.8 Å². The van der Waals surface area contributed by atoms with Gasteiger partial charge in [0.15, 0.2) is 0 Å². The van der Waals surface area contributed by atoms with Crippen LogP contribution in [0.25, 0.3) is 10.9 Å². The minimum Gasteiger partial charge on any atom is -0.384 e. The number of fused-ring (bicyclic) bond motifs is 1. The molecular weight excluding hydrogens is 382 g/mol. The number of nitrogens with zero attached hydrogens (tertiary/aromatic N) is 1. The highest BCUT2D eigenvalue weighted by molar-refractivity contribution is 9.11. The van der Waals surface area contributed by atoms with Gasteiger partial charge >= 0.3 is 0 Å². The molecule has 0 saturated carbocycles. The lowest BCUT2D eigenvalue weighted by Crippen LogP contribution is -2.01. The Morgan fingerprint density at radius 1 is 1.00 bits per heavy atom. The smallest absolute Gasteiger partial charge is 0.105 e. The van der Waals surface area contributed by atoms with E-state index in [1.807, 2.05) is 48.5 Å². The average molecular weight is 393 g/mol. The Morgan fingerprint density at radius 2 is 1.85 bits per heavy atom. The summed E-state index contributed by atoms with van der Waals surface area (Å²) >= 11 is 6.91. The van der Waals surface area contributed by atoms with E-state index < -0.39 is 6.10 Å². The van der Waals surface area contributed by atoms with Gasteiger partial charge in [-0.25, -0.2) is 0 Å². The molecule has 0 fully saturated rings. The maximum absolute atomic E-state index is 10.6. The van der Waals surface area contributed by atoms with E-state index >= 15 is 0 Å². The molecule has 0 aliphatic rings. The number of aromatic nitrogens is 1. The molecule has 0 spiro atoms. The van der Waals surface area contributed by atoms with Gasteiger partial charge in [0.1, 0.15) is 6.10 Å². The van der Waals surface area contributed by atoms with Crippen molar-refractivity contribution in [3.8, 4) is 0 Å². The molecule has 100 valence electrons. The highest BCUT2D eigenvalue weighted by Crippen LogP contribution is 2.31. The molecule has 0 radical (unpaired) electrons. The molecule has 3 aromatic rings. The van der Waals surface area contributed by atoms with E-state index in [-0.39, 0.29) is 0 Å². The van der Waals surface area contributed by atoms with Gasteiger partial charge in [0.25, 0.3) is 0 Å². The molecule has 1 aromatic heterocycles. The Kier molecular flexibility index (Phi) is 3.87. The second kappa shape index (κ2) is 5.64. The minimum atomic E-state index is -0.687. The molecule has 2 aromatic carbocycles. The largest absolute Gasteiger partial charge is 0.384 e. The van der Waals surface area contributed by atoms with Crippen molar-refractivity contribution in [3.05, 3.63) is 74.8 Å². The number of hydrogen-bond acceptors (Lipinski definition) is 2. The van der Waals surface area contributed by atoms with Gasteiger partial charge in [0.2, 0.25) is 0 Å². The molecule has 1 unspecified atom stereocenters. The van der Waals surface area contributed by atoms with Crippen LogP contribution in [0.3, 0.4) is 0 Å². The molecule has 1 atom stereocenters. The van der Waals surface area contributed by atoms with Gasteiger partial charge in [0, 0.05) is 26.1 Å². The van der Waals surface area contributed by atoms with Gasteiger partial charge in [-0.2, -0.15) is 0 Å². The summed E-state index contributed by atoms with van der Waals surface area (Å²) in [6.45, 7) is 0. The quantitative estimate of drug-likeness (QED) is 0.676. The Balaban J connectivity index is 2.07. The third-order valence-electron chi connectivity index (χ3n) is 3.20. The molecule has 1 heterocycles. The fourth-order valence-electron chi connectivity index (χ4n) is 2.16. The monoisotopic (exact) mass is 391 g/mol. The normalized spacial score (nSPS) is 12.6. The summed E-state index contributed by atoms with van der Waals surface area (Å²) in [5.41, 5.74) is 2.54. The van der Waals surface area contributed by atoms with Crippen LogP contribution < -0.4 is 0 Å². The van der Waals surface area contributed by atoms with Crippen LogP contribution in [0.4, 0.5) is 0 Å². The van der Waals surface area contributed by atoms with Crippen LogP contribution in [-0.4, -0.2) is 10.1 Å². The summed E-state index contributed by atoms with van der Waals surface area (Å²) in [4.78, 5) is 4.33. The summed E-state index contributed by atoms with van der Waals surface area (Å²) in [7, 11) is 0. The zero-order valence-electron chi connectivity index (χ0n) is 10.4. The fraction of sp³-hybridized carbons (Fsp3) is 0.0625. The first kappa shape index (κ1) is 13.7. The van der Waals surface area contributed by atoms with Crippen molar-refractivity contribution in [1.29, 1.82) is 0 Å². The number of hydrogen-bond donors (Lipinski definition) is 1. The number of aliphatic hydroxyl groups excluding tert-OH is 1. The molecule has 2 nitrogen and oxygen atoms in total. The molecule has 0 aliphatic carbocycles. The van der Waals surface area contributed by atoms with Crippen LogP contribution in [-0.2, 0) is 0 Å². The van der Waals surface area contributed by atoms with E-state index in [2.05, 4.69) is 36.8 Å². The van der Waals surface area contributed by atoms with Crippen molar-refractivity contribution in [1.82, 2.24) is 4.98 Å². The van der Waals surface area contributed by atoms with Crippen molar-refractivity contribution in [2.75, 3.05) is 0 Å². The molecule has 1 N–H and O–H groups in total. The molecule has 3 rings (SSSR count). The van der Waals surface area contributed by atoms with E-state index in [1.165, 1.54) is 0 Å². The molecule has 0 bridgehead atoms. The Labute approximate surface area is 133 Å². The number of aliphatic hydroxyl groups is 1. The van der Waals surface area contributed by atoms with E-state index in [1.54, 1.807) is 6.20 Å². The Morgan fingerprint density at radius 3 is 2.70 bits per heavy atom. The van der Waals surface area contributed by atoms with Crippen LogP contribution in [0.5, 0.6) is 0 Å². The van der Waals surface area contributed by atoms with E-state index in [4.69, 9.17) is 0 Å². The average Bonchev–Trinajstić information content (AvgIpc) is 2.48. The lowest BCUT2D eigenvalue weighted by molar-refractivity contribution is 0.219. The molecule has 0 saturated heterocycles. The van der Waals surface area contributed by atoms with Crippen LogP contribution in [0, 0.1) is 0 Å². The predicted octanol–water partition coefficient (Wildman–Crippen LogP) is 4.84. The van der Waals surface area contributed by atoms with Crippen molar-refractivity contribution < 1.29 is 5.11 Å². The molecule has 0 amide bonds. The first-order valence-corrected chi connectivity index (χ1v) is 7.71. The Bertz CT molecular complexity index is 773. The summed E-state index contributed by atoms with van der Waals surface area (Å²) in [5, 5.41) is 11.6. The minimum absolute atomic E-state index is 0.687. The van der Waals surface area contributed by atoms with Gasteiger partial charge < -0.3 is 5.11 Å². The number of benzene rings is 2. The summed E-state index contributed by atoms with van der Waals surface area (Å²) in [5.74, 6) is 0. The van der Waals surface area contributed by atoms with Crippen LogP contribution in [0.15, 0.2) is 63.7 Å².